The molecule has 0 heterocycles. The van der Waals surface area contributed by atoms with Crippen molar-refractivity contribution < 1.29 is 14.7 Å². The monoisotopic (exact) mass is 202 g/mol. The number of hydrogen-bond acceptors (Lipinski definition) is 2. The van der Waals surface area contributed by atoms with Crippen LogP contribution in [0.5, 0.6) is 0 Å². The third-order valence-electron chi connectivity index (χ3n) is 1.96. The fraction of sp³-hybridized carbons (Fsp3) is 0. The van der Waals surface area contributed by atoms with E-state index in [2.05, 4.69) is 13.2 Å². The second-order valence-electron chi connectivity index (χ2n) is 2.88. The molecule has 0 bridgehead atoms. The van der Waals surface area contributed by atoms with E-state index >= 15 is 0 Å². The number of carbonyl (C=O) groups is 2. The lowest BCUT2D eigenvalue weighted by Crippen LogP contribution is -2.06. The molecule has 0 aromatic heterocycles. The molecule has 0 fully saturated rings. The second kappa shape index (κ2) is 4.37. The Bertz CT molecular complexity index is 444. The molecular formula is C12H10O3. The van der Waals surface area contributed by atoms with Crippen molar-refractivity contribution in [1.82, 2.24) is 0 Å². The van der Waals surface area contributed by atoms with Gasteiger partial charge in [-0.15, -0.1) is 0 Å². The lowest BCUT2D eigenvalue weighted by molar-refractivity contribution is 0.0693. The predicted octanol–water partition coefficient (Wildman–Crippen LogP) is 2.40. The summed E-state index contributed by atoms with van der Waals surface area (Å²) < 4.78 is 0. The predicted molar refractivity (Wildman–Crippen MR) is 58.0 cm³/mol. The molecule has 0 aliphatic rings. The van der Waals surface area contributed by atoms with E-state index in [0.717, 1.165) is 6.08 Å². The molecule has 1 N–H and O–H groups in total. The molecule has 1 aromatic rings. The number of rotatable bonds is 4. The molecule has 1 aromatic carbocycles. The molecule has 15 heavy (non-hydrogen) atoms. The summed E-state index contributed by atoms with van der Waals surface area (Å²) in [6, 6.07) is 4.47. The van der Waals surface area contributed by atoms with E-state index in [1.807, 2.05) is 0 Å². The molecule has 0 radical (unpaired) electrons. The van der Waals surface area contributed by atoms with Gasteiger partial charge in [0.2, 0.25) is 0 Å². The Balaban J connectivity index is 3.40. The maximum atomic E-state index is 11.4. The SMILES string of the molecule is C=CC(=O)c1cc(C=C)ccc1C(=O)O. The highest BCUT2D eigenvalue weighted by molar-refractivity contribution is 6.11. The van der Waals surface area contributed by atoms with Crippen molar-refractivity contribution in [1.29, 1.82) is 0 Å². The molecule has 0 amide bonds. The zero-order chi connectivity index (χ0) is 11.4. The average Bonchev–Trinajstić information content (AvgIpc) is 2.26. The zero-order valence-corrected chi connectivity index (χ0v) is 8.06. The van der Waals surface area contributed by atoms with Crippen LogP contribution in [0.25, 0.3) is 6.08 Å². The van der Waals surface area contributed by atoms with E-state index in [-0.39, 0.29) is 11.1 Å². The van der Waals surface area contributed by atoms with E-state index in [4.69, 9.17) is 5.11 Å². The van der Waals surface area contributed by atoms with Gasteiger partial charge in [0.1, 0.15) is 0 Å². The summed E-state index contributed by atoms with van der Waals surface area (Å²) in [5.41, 5.74) is 0.811. The van der Waals surface area contributed by atoms with Gasteiger partial charge in [0.25, 0.3) is 0 Å². The highest BCUT2D eigenvalue weighted by Crippen LogP contribution is 2.14. The van der Waals surface area contributed by atoms with Crippen LogP contribution in [0.3, 0.4) is 0 Å². The summed E-state index contributed by atoms with van der Waals surface area (Å²) in [6.07, 6.45) is 2.64. The maximum absolute atomic E-state index is 11.4. The van der Waals surface area contributed by atoms with Crippen LogP contribution < -0.4 is 0 Å². The zero-order valence-electron chi connectivity index (χ0n) is 8.06. The highest BCUT2D eigenvalue weighted by Gasteiger charge is 2.14. The van der Waals surface area contributed by atoms with Crippen molar-refractivity contribution in [3.8, 4) is 0 Å². The number of benzene rings is 1. The molecule has 0 aliphatic heterocycles. The van der Waals surface area contributed by atoms with Gasteiger partial charge in [-0.25, -0.2) is 4.79 Å². The molecule has 0 saturated carbocycles. The van der Waals surface area contributed by atoms with Gasteiger partial charge in [-0.05, 0) is 23.8 Å². The Kier molecular flexibility index (Phi) is 3.18. The van der Waals surface area contributed by atoms with E-state index in [9.17, 15) is 9.59 Å². The average molecular weight is 202 g/mol. The summed E-state index contributed by atoms with van der Waals surface area (Å²) in [5, 5.41) is 8.86. The fourth-order valence-electron chi connectivity index (χ4n) is 1.19. The van der Waals surface area contributed by atoms with Crippen molar-refractivity contribution in [3.63, 3.8) is 0 Å². The number of ketones is 1. The number of hydrogen-bond donors (Lipinski definition) is 1. The first-order valence-corrected chi connectivity index (χ1v) is 4.26. The van der Waals surface area contributed by atoms with Crippen LogP contribution in [-0.2, 0) is 0 Å². The van der Waals surface area contributed by atoms with Gasteiger partial charge in [-0.1, -0.05) is 25.3 Å². The minimum absolute atomic E-state index is 0.0227. The van der Waals surface area contributed by atoms with Gasteiger partial charge in [-0.2, -0.15) is 0 Å². The Morgan fingerprint density at radius 2 is 1.87 bits per heavy atom. The van der Waals surface area contributed by atoms with Crippen LogP contribution in [0.1, 0.15) is 26.3 Å². The lowest BCUT2D eigenvalue weighted by atomic mass is 10.0. The first-order valence-electron chi connectivity index (χ1n) is 4.26. The van der Waals surface area contributed by atoms with E-state index in [0.29, 0.717) is 5.56 Å². The Labute approximate surface area is 87.4 Å². The molecular weight excluding hydrogens is 192 g/mol. The molecule has 0 atom stereocenters. The molecule has 3 heteroatoms. The third-order valence-corrected chi connectivity index (χ3v) is 1.96. The van der Waals surface area contributed by atoms with Crippen molar-refractivity contribution in [2.24, 2.45) is 0 Å². The molecule has 76 valence electrons. The number of carbonyl (C=O) groups excluding carboxylic acids is 1. The summed E-state index contributed by atoms with van der Waals surface area (Å²) in [6.45, 7) is 6.87. The molecule has 1 rings (SSSR count). The Hall–Kier alpha value is -2.16. The minimum Gasteiger partial charge on any atom is -0.478 e. The van der Waals surface area contributed by atoms with Gasteiger partial charge in [0, 0.05) is 5.56 Å². The maximum Gasteiger partial charge on any atom is 0.336 e. The van der Waals surface area contributed by atoms with E-state index < -0.39 is 11.8 Å². The summed E-state index contributed by atoms with van der Waals surface area (Å²) in [4.78, 5) is 22.2. The summed E-state index contributed by atoms with van der Waals surface area (Å²) in [7, 11) is 0. The lowest BCUT2D eigenvalue weighted by Gasteiger charge is -2.03. The quantitative estimate of drug-likeness (QED) is 0.602. The van der Waals surface area contributed by atoms with Crippen LogP contribution in [-0.4, -0.2) is 16.9 Å². The van der Waals surface area contributed by atoms with Gasteiger partial charge in [0.05, 0.1) is 5.56 Å². The van der Waals surface area contributed by atoms with E-state index in [1.165, 1.54) is 12.1 Å². The molecule has 3 nitrogen and oxygen atoms in total. The van der Waals surface area contributed by atoms with Gasteiger partial charge < -0.3 is 5.11 Å². The normalized spacial score (nSPS) is 9.33. The molecule has 0 spiro atoms. The third kappa shape index (κ3) is 2.20. The van der Waals surface area contributed by atoms with Crippen LogP contribution in [0.2, 0.25) is 0 Å². The largest absolute Gasteiger partial charge is 0.478 e. The van der Waals surface area contributed by atoms with Crippen LogP contribution >= 0.6 is 0 Å². The van der Waals surface area contributed by atoms with Crippen LogP contribution in [0, 0.1) is 0 Å². The Morgan fingerprint density at radius 1 is 1.20 bits per heavy atom. The Morgan fingerprint density at radius 3 is 2.33 bits per heavy atom. The molecule has 0 unspecified atom stereocenters. The van der Waals surface area contributed by atoms with Gasteiger partial charge in [-0.3, -0.25) is 4.79 Å². The number of allylic oxidation sites excluding steroid dienone is 1. The minimum atomic E-state index is -1.13. The van der Waals surface area contributed by atoms with Crippen LogP contribution in [0.4, 0.5) is 0 Å². The van der Waals surface area contributed by atoms with Gasteiger partial charge in [0.15, 0.2) is 5.78 Å². The van der Waals surface area contributed by atoms with Crippen molar-refractivity contribution >= 4 is 17.8 Å². The highest BCUT2D eigenvalue weighted by atomic mass is 16.4. The van der Waals surface area contributed by atoms with Crippen molar-refractivity contribution in [3.05, 3.63) is 54.1 Å². The summed E-state index contributed by atoms with van der Waals surface area (Å²) >= 11 is 0. The fourth-order valence-corrected chi connectivity index (χ4v) is 1.19. The first-order chi connectivity index (χ1) is 7.10. The van der Waals surface area contributed by atoms with Crippen LogP contribution in [0.15, 0.2) is 37.4 Å². The van der Waals surface area contributed by atoms with Crippen molar-refractivity contribution in [2.75, 3.05) is 0 Å². The first kappa shape index (κ1) is 10.9. The molecule has 0 aliphatic carbocycles. The van der Waals surface area contributed by atoms with Crippen molar-refractivity contribution in [2.45, 2.75) is 0 Å². The second-order valence-corrected chi connectivity index (χ2v) is 2.88. The summed E-state index contributed by atoms with van der Waals surface area (Å²) in [5.74, 6) is -1.54. The number of aromatic carboxylic acids is 1. The van der Waals surface area contributed by atoms with E-state index in [1.54, 1.807) is 12.1 Å². The van der Waals surface area contributed by atoms with Gasteiger partial charge >= 0.3 is 5.97 Å². The standard InChI is InChI=1S/C12H10O3/c1-3-8-5-6-9(12(14)15)10(7-8)11(13)4-2/h3-7H,1-2H2,(H,14,15). The molecule has 0 saturated heterocycles. The smallest absolute Gasteiger partial charge is 0.336 e. The topological polar surface area (TPSA) is 54.4 Å². The number of carboxylic acids is 1. The number of carboxylic acid groups (broad SMARTS) is 1.